The molecule has 6 heteroatoms. The summed E-state index contributed by atoms with van der Waals surface area (Å²) in [6.45, 7) is 2.36. The van der Waals surface area contributed by atoms with Crippen molar-refractivity contribution in [2.45, 2.75) is 13.5 Å². The molecule has 6 nitrogen and oxygen atoms in total. The first-order chi connectivity index (χ1) is 8.60. The maximum atomic E-state index is 11.9. The van der Waals surface area contributed by atoms with E-state index in [1.54, 1.807) is 13.2 Å². The molecule has 1 aromatic carbocycles. The van der Waals surface area contributed by atoms with Crippen molar-refractivity contribution >= 4 is 11.6 Å². The molecule has 0 radical (unpaired) electrons. The Morgan fingerprint density at radius 2 is 2.28 bits per heavy atom. The zero-order chi connectivity index (χ0) is 13.1. The van der Waals surface area contributed by atoms with Crippen molar-refractivity contribution < 1.29 is 4.79 Å². The van der Waals surface area contributed by atoms with Crippen LogP contribution >= 0.6 is 0 Å². The third-order valence-corrected chi connectivity index (χ3v) is 2.62. The zero-order valence-electron chi connectivity index (χ0n) is 10.3. The third-order valence-electron chi connectivity index (χ3n) is 2.62. The molecular weight excluding hydrogens is 230 g/mol. The maximum Gasteiger partial charge on any atom is 0.277 e. The number of anilines is 1. The highest BCUT2D eigenvalue weighted by Crippen LogP contribution is 2.17. The van der Waals surface area contributed by atoms with Gasteiger partial charge >= 0.3 is 0 Å². The average molecular weight is 245 g/mol. The Bertz CT molecular complexity index is 576. The van der Waals surface area contributed by atoms with Crippen LogP contribution in [0.3, 0.4) is 0 Å². The van der Waals surface area contributed by atoms with Crippen LogP contribution < -0.4 is 11.1 Å². The molecule has 0 aliphatic carbocycles. The number of nitrogens with two attached hydrogens (primary N) is 1. The molecule has 0 atom stereocenters. The summed E-state index contributed by atoms with van der Waals surface area (Å²) < 4.78 is 1.48. The first-order valence-electron chi connectivity index (χ1n) is 5.57. The molecule has 0 saturated heterocycles. The Balaban J connectivity index is 2.21. The van der Waals surface area contributed by atoms with Gasteiger partial charge in [-0.1, -0.05) is 17.3 Å². The molecule has 0 aliphatic heterocycles. The Kier molecular flexibility index (Phi) is 3.38. The summed E-state index contributed by atoms with van der Waals surface area (Å²) in [6.07, 6.45) is 1.57. The Morgan fingerprint density at radius 1 is 1.50 bits per heavy atom. The molecule has 1 aromatic heterocycles. The van der Waals surface area contributed by atoms with Crippen LogP contribution in [0.1, 0.15) is 21.6 Å². The summed E-state index contributed by atoms with van der Waals surface area (Å²) in [5, 5.41) is 10.3. The van der Waals surface area contributed by atoms with Gasteiger partial charge in [-0.05, 0) is 24.1 Å². The van der Waals surface area contributed by atoms with Gasteiger partial charge in [0.1, 0.15) is 0 Å². The lowest BCUT2D eigenvalue weighted by molar-refractivity contribution is 0.102. The van der Waals surface area contributed by atoms with Crippen LogP contribution in [0.4, 0.5) is 5.69 Å². The summed E-state index contributed by atoms with van der Waals surface area (Å²) in [5.41, 5.74) is 8.55. The summed E-state index contributed by atoms with van der Waals surface area (Å²) in [5.74, 6) is -0.277. The molecule has 0 saturated carbocycles. The van der Waals surface area contributed by atoms with Crippen molar-refractivity contribution in [3.8, 4) is 0 Å². The van der Waals surface area contributed by atoms with Crippen LogP contribution in [0.2, 0.25) is 0 Å². The summed E-state index contributed by atoms with van der Waals surface area (Å²) >= 11 is 0. The van der Waals surface area contributed by atoms with Crippen LogP contribution in [0.5, 0.6) is 0 Å². The van der Waals surface area contributed by atoms with E-state index < -0.39 is 0 Å². The van der Waals surface area contributed by atoms with Crippen molar-refractivity contribution in [1.82, 2.24) is 15.0 Å². The minimum atomic E-state index is -0.277. The van der Waals surface area contributed by atoms with Crippen LogP contribution in [-0.4, -0.2) is 20.9 Å². The summed E-state index contributed by atoms with van der Waals surface area (Å²) in [4.78, 5) is 11.9. The van der Waals surface area contributed by atoms with E-state index in [0.717, 1.165) is 16.8 Å². The van der Waals surface area contributed by atoms with Crippen molar-refractivity contribution in [3.63, 3.8) is 0 Å². The molecule has 2 aromatic rings. The second-order valence-corrected chi connectivity index (χ2v) is 4.08. The second-order valence-electron chi connectivity index (χ2n) is 4.08. The minimum Gasteiger partial charge on any atom is -0.326 e. The number of benzene rings is 1. The number of hydrogen-bond acceptors (Lipinski definition) is 4. The smallest absolute Gasteiger partial charge is 0.277 e. The number of carbonyl (C=O) groups excluding carboxylic acids is 1. The summed E-state index contributed by atoms with van der Waals surface area (Å²) in [6, 6.07) is 5.73. The van der Waals surface area contributed by atoms with Crippen LogP contribution in [0, 0.1) is 6.92 Å². The van der Waals surface area contributed by atoms with Gasteiger partial charge in [0.15, 0.2) is 5.69 Å². The maximum absolute atomic E-state index is 11.9. The first kappa shape index (κ1) is 12.3. The zero-order valence-corrected chi connectivity index (χ0v) is 10.3. The van der Waals surface area contributed by atoms with E-state index in [4.69, 9.17) is 5.73 Å². The topological polar surface area (TPSA) is 85.8 Å². The van der Waals surface area contributed by atoms with E-state index in [0.29, 0.717) is 6.54 Å². The monoisotopic (exact) mass is 245 g/mol. The Labute approximate surface area is 105 Å². The number of amides is 1. The fraction of sp³-hybridized carbons (Fsp3) is 0.250. The number of carbonyl (C=O) groups is 1. The first-order valence-corrected chi connectivity index (χ1v) is 5.57. The predicted octanol–water partition coefficient (Wildman–Crippen LogP) is 0.835. The van der Waals surface area contributed by atoms with Gasteiger partial charge in [0, 0.05) is 19.3 Å². The van der Waals surface area contributed by atoms with Crippen molar-refractivity contribution in [2.24, 2.45) is 12.8 Å². The molecular formula is C12H15N5O. The van der Waals surface area contributed by atoms with Gasteiger partial charge in [-0.3, -0.25) is 9.48 Å². The highest BCUT2D eigenvalue weighted by Gasteiger charge is 2.11. The molecule has 0 aliphatic rings. The van der Waals surface area contributed by atoms with Crippen molar-refractivity contribution in [2.75, 3.05) is 5.32 Å². The van der Waals surface area contributed by atoms with Gasteiger partial charge in [-0.2, -0.15) is 0 Å². The molecule has 2 rings (SSSR count). The van der Waals surface area contributed by atoms with Crippen LogP contribution in [0.25, 0.3) is 0 Å². The lowest BCUT2D eigenvalue weighted by Gasteiger charge is -2.08. The van der Waals surface area contributed by atoms with Gasteiger partial charge in [-0.25, -0.2) is 0 Å². The molecule has 18 heavy (non-hydrogen) atoms. The SMILES string of the molecule is Cc1ccc(CN)cc1NC(=O)c1cn(C)nn1. The number of hydrogen-bond donors (Lipinski definition) is 2. The lowest BCUT2D eigenvalue weighted by atomic mass is 10.1. The fourth-order valence-electron chi connectivity index (χ4n) is 1.57. The van der Waals surface area contributed by atoms with E-state index >= 15 is 0 Å². The number of nitrogens with zero attached hydrogens (tertiary/aromatic N) is 3. The van der Waals surface area contributed by atoms with Gasteiger partial charge in [0.05, 0.1) is 6.20 Å². The molecule has 94 valence electrons. The Morgan fingerprint density at radius 3 is 2.89 bits per heavy atom. The van der Waals surface area contributed by atoms with Gasteiger partial charge < -0.3 is 11.1 Å². The van der Waals surface area contributed by atoms with E-state index in [9.17, 15) is 4.79 Å². The van der Waals surface area contributed by atoms with Crippen molar-refractivity contribution in [1.29, 1.82) is 0 Å². The minimum absolute atomic E-state index is 0.277. The quantitative estimate of drug-likeness (QED) is 0.838. The van der Waals surface area contributed by atoms with Gasteiger partial charge in [0.2, 0.25) is 0 Å². The highest BCUT2D eigenvalue weighted by molar-refractivity contribution is 6.03. The number of rotatable bonds is 3. The third kappa shape index (κ3) is 2.54. The second kappa shape index (κ2) is 4.97. The summed E-state index contributed by atoms with van der Waals surface area (Å²) in [7, 11) is 1.71. The van der Waals surface area contributed by atoms with E-state index in [2.05, 4.69) is 15.6 Å². The largest absolute Gasteiger partial charge is 0.326 e. The van der Waals surface area contributed by atoms with E-state index in [1.807, 2.05) is 25.1 Å². The van der Waals surface area contributed by atoms with E-state index in [-0.39, 0.29) is 11.6 Å². The standard InChI is InChI=1S/C12H15N5O/c1-8-3-4-9(6-13)5-10(8)14-12(18)11-7-17(2)16-15-11/h3-5,7H,6,13H2,1-2H3,(H,14,18). The van der Waals surface area contributed by atoms with E-state index in [1.165, 1.54) is 4.68 Å². The molecule has 0 unspecified atom stereocenters. The van der Waals surface area contributed by atoms with Crippen molar-refractivity contribution in [3.05, 3.63) is 41.2 Å². The van der Waals surface area contributed by atoms with Crippen LogP contribution in [-0.2, 0) is 13.6 Å². The lowest BCUT2D eigenvalue weighted by Crippen LogP contribution is -2.13. The number of nitrogens with one attached hydrogen (secondary N) is 1. The molecule has 0 bridgehead atoms. The number of aromatic nitrogens is 3. The fourth-order valence-corrected chi connectivity index (χ4v) is 1.57. The molecule has 1 amide bonds. The number of aryl methyl sites for hydroxylation is 2. The highest BCUT2D eigenvalue weighted by atomic mass is 16.2. The Hall–Kier alpha value is -2.21. The normalized spacial score (nSPS) is 10.4. The van der Waals surface area contributed by atoms with Gasteiger partial charge in [-0.15, -0.1) is 5.10 Å². The molecule has 3 N–H and O–H groups in total. The molecule has 0 spiro atoms. The molecule has 1 heterocycles. The van der Waals surface area contributed by atoms with Gasteiger partial charge in [0.25, 0.3) is 5.91 Å². The van der Waals surface area contributed by atoms with Crippen LogP contribution in [0.15, 0.2) is 24.4 Å². The average Bonchev–Trinajstić information content (AvgIpc) is 2.79. The predicted molar refractivity (Wildman–Crippen MR) is 68.0 cm³/mol. The molecule has 0 fully saturated rings.